The number of hydrogen-bond donors (Lipinski definition) is 1. The lowest BCUT2D eigenvalue weighted by atomic mass is 10.2. The molecule has 0 spiro atoms. The van der Waals surface area contributed by atoms with Gasteiger partial charge in [-0.3, -0.25) is 0 Å². The average Bonchev–Trinajstić information content (AvgIpc) is 2.32. The van der Waals surface area contributed by atoms with Gasteiger partial charge in [-0.05, 0) is 42.5 Å². The zero-order valence-electron chi connectivity index (χ0n) is 9.32. The molecular weight excluding hydrogens is 283 g/mol. The van der Waals surface area contributed by atoms with Crippen LogP contribution in [0.2, 0.25) is 0 Å². The third-order valence-corrected chi connectivity index (χ3v) is 3.10. The van der Waals surface area contributed by atoms with Crippen molar-refractivity contribution >= 4 is 33.0 Å². The highest BCUT2D eigenvalue weighted by atomic mass is 79.9. The Hall–Kier alpha value is -1.55. The molecule has 4 heteroatoms. The molecule has 0 saturated heterocycles. The number of nitrogens with two attached hydrogens (primary N) is 1. The third kappa shape index (κ3) is 2.58. The van der Waals surface area contributed by atoms with Crippen molar-refractivity contribution in [2.24, 2.45) is 0 Å². The van der Waals surface area contributed by atoms with Crippen LogP contribution in [0.25, 0.3) is 0 Å². The van der Waals surface area contributed by atoms with Crippen LogP contribution in [0, 0.1) is 5.82 Å². The first kappa shape index (κ1) is 11.9. The van der Waals surface area contributed by atoms with Crippen molar-refractivity contribution in [2.45, 2.75) is 0 Å². The van der Waals surface area contributed by atoms with Gasteiger partial charge in [-0.1, -0.05) is 15.9 Å². The van der Waals surface area contributed by atoms with Gasteiger partial charge in [-0.25, -0.2) is 4.39 Å². The van der Waals surface area contributed by atoms with Crippen molar-refractivity contribution in [3.8, 4) is 0 Å². The van der Waals surface area contributed by atoms with Crippen LogP contribution in [-0.2, 0) is 0 Å². The Labute approximate surface area is 108 Å². The first-order valence-electron chi connectivity index (χ1n) is 5.12. The van der Waals surface area contributed by atoms with Crippen LogP contribution in [0.15, 0.2) is 46.9 Å². The average molecular weight is 295 g/mol. The molecule has 0 aromatic heterocycles. The second kappa shape index (κ2) is 4.75. The molecule has 0 bridgehead atoms. The van der Waals surface area contributed by atoms with Gasteiger partial charge >= 0.3 is 0 Å². The van der Waals surface area contributed by atoms with Gasteiger partial charge in [0, 0.05) is 17.2 Å². The summed E-state index contributed by atoms with van der Waals surface area (Å²) in [6.07, 6.45) is 0. The molecule has 17 heavy (non-hydrogen) atoms. The topological polar surface area (TPSA) is 29.3 Å². The van der Waals surface area contributed by atoms with E-state index in [9.17, 15) is 4.39 Å². The van der Waals surface area contributed by atoms with Gasteiger partial charge in [-0.15, -0.1) is 0 Å². The minimum Gasteiger partial charge on any atom is -0.397 e. The van der Waals surface area contributed by atoms with E-state index in [1.807, 2.05) is 36.2 Å². The van der Waals surface area contributed by atoms with E-state index in [2.05, 4.69) is 15.9 Å². The monoisotopic (exact) mass is 294 g/mol. The van der Waals surface area contributed by atoms with Crippen LogP contribution in [0.4, 0.5) is 21.5 Å². The van der Waals surface area contributed by atoms with Crippen molar-refractivity contribution in [3.63, 3.8) is 0 Å². The first-order chi connectivity index (χ1) is 8.08. The summed E-state index contributed by atoms with van der Waals surface area (Å²) in [5, 5.41) is 0. The molecule has 2 nitrogen and oxygen atoms in total. The summed E-state index contributed by atoms with van der Waals surface area (Å²) < 4.78 is 14.2. The third-order valence-electron chi connectivity index (χ3n) is 2.57. The standard InChI is InChI=1S/C13H12BrFN2/c1-17(11-5-2-9(14)3-6-11)13-8-10(15)4-7-12(13)16/h2-8H,16H2,1H3. The number of hydrogen-bond acceptors (Lipinski definition) is 2. The van der Waals surface area contributed by atoms with E-state index >= 15 is 0 Å². The highest BCUT2D eigenvalue weighted by Crippen LogP contribution is 2.30. The molecule has 0 atom stereocenters. The van der Waals surface area contributed by atoms with Crippen molar-refractivity contribution < 1.29 is 4.39 Å². The summed E-state index contributed by atoms with van der Waals surface area (Å²) in [5.41, 5.74) is 8.00. The fourth-order valence-corrected chi connectivity index (χ4v) is 1.88. The number of nitrogen functional groups attached to an aromatic ring is 1. The fraction of sp³-hybridized carbons (Fsp3) is 0.0769. The van der Waals surface area contributed by atoms with E-state index in [4.69, 9.17) is 5.73 Å². The number of benzene rings is 2. The Balaban J connectivity index is 2.39. The summed E-state index contributed by atoms with van der Waals surface area (Å²) in [6, 6.07) is 12.1. The molecule has 2 aromatic carbocycles. The predicted molar refractivity (Wildman–Crippen MR) is 73.0 cm³/mol. The summed E-state index contributed by atoms with van der Waals surface area (Å²) >= 11 is 3.37. The molecule has 0 fully saturated rings. The molecule has 0 radical (unpaired) electrons. The Morgan fingerprint density at radius 1 is 1.12 bits per heavy atom. The predicted octanol–water partition coefficient (Wildman–Crippen LogP) is 3.94. The molecule has 2 aromatic rings. The first-order valence-corrected chi connectivity index (χ1v) is 5.91. The normalized spacial score (nSPS) is 10.3. The van der Waals surface area contributed by atoms with Gasteiger partial charge in [0.25, 0.3) is 0 Å². The van der Waals surface area contributed by atoms with Crippen molar-refractivity contribution in [1.82, 2.24) is 0 Å². The molecule has 0 heterocycles. The summed E-state index contributed by atoms with van der Waals surface area (Å²) in [7, 11) is 1.86. The molecule has 0 amide bonds. The Bertz CT molecular complexity index is 525. The zero-order valence-corrected chi connectivity index (χ0v) is 10.9. The molecule has 0 saturated carbocycles. The van der Waals surface area contributed by atoms with Crippen LogP contribution in [0.3, 0.4) is 0 Å². The van der Waals surface area contributed by atoms with Gasteiger partial charge in [0.05, 0.1) is 11.4 Å². The maximum absolute atomic E-state index is 13.2. The van der Waals surface area contributed by atoms with Crippen LogP contribution in [0.1, 0.15) is 0 Å². The molecule has 0 aliphatic rings. The minimum atomic E-state index is -0.293. The minimum absolute atomic E-state index is 0.293. The second-order valence-electron chi connectivity index (χ2n) is 3.74. The SMILES string of the molecule is CN(c1ccc(Br)cc1)c1cc(F)ccc1N. The second-order valence-corrected chi connectivity index (χ2v) is 4.65. The summed E-state index contributed by atoms with van der Waals surface area (Å²) in [4.78, 5) is 1.85. The number of anilines is 3. The Morgan fingerprint density at radius 2 is 1.76 bits per heavy atom. The largest absolute Gasteiger partial charge is 0.397 e. The molecular formula is C13H12BrFN2. The van der Waals surface area contributed by atoms with E-state index in [1.165, 1.54) is 12.1 Å². The van der Waals surface area contributed by atoms with Gasteiger partial charge in [-0.2, -0.15) is 0 Å². The lowest BCUT2D eigenvalue weighted by molar-refractivity contribution is 0.628. The maximum atomic E-state index is 13.2. The van der Waals surface area contributed by atoms with E-state index in [0.29, 0.717) is 11.4 Å². The van der Waals surface area contributed by atoms with E-state index in [1.54, 1.807) is 6.07 Å². The smallest absolute Gasteiger partial charge is 0.125 e. The summed E-state index contributed by atoms with van der Waals surface area (Å²) in [6.45, 7) is 0. The van der Waals surface area contributed by atoms with Gasteiger partial charge in [0.1, 0.15) is 5.82 Å². The van der Waals surface area contributed by atoms with Crippen LogP contribution in [0.5, 0.6) is 0 Å². The van der Waals surface area contributed by atoms with Crippen molar-refractivity contribution in [3.05, 3.63) is 52.8 Å². The lowest BCUT2D eigenvalue weighted by Crippen LogP contribution is -2.11. The highest BCUT2D eigenvalue weighted by Gasteiger charge is 2.08. The Morgan fingerprint density at radius 3 is 2.41 bits per heavy atom. The van der Waals surface area contributed by atoms with Gasteiger partial charge < -0.3 is 10.6 Å². The zero-order chi connectivity index (χ0) is 12.4. The van der Waals surface area contributed by atoms with Crippen molar-refractivity contribution in [2.75, 3.05) is 17.7 Å². The van der Waals surface area contributed by atoms with Crippen molar-refractivity contribution in [1.29, 1.82) is 0 Å². The molecule has 2 N–H and O–H groups in total. The summed E-state index contributed by atoms with van der Waals surface area (Å²) in [5.74, 6) is -0.293. The number of halogens is 2. The van der Waals surface area contributed by atoms with Crippen LogP contribution >= 0.6 is 15.9 Å². The molecule has 88 valence electrons. The van der Waals surface area contributed by atoms with Crippen LogP contribution in [-0.4, -0.2) is 7.05 Å². The van der Waals surface area contributed by atoms with Gasteiger partial charge in [0.2, 0.25) is 0 Å². The molecule has 2 rings (SSSR count). The Kier molecular flexibility index (Phi) is 3.33. The van der Waals surface area contributed by atoms with Gasteiger partial charge in [0.15, 0.2) is 0 Å². The van der Waals surface area contributed by atoms with Crippen LogP contribution < -0.4 is 10.6 Å². The fourth-order valence-electron chi connectivity index (χ4n) is 1.61. The highest BCUT2D eigenvalue weighted by molar-refractivity contribution is 9.10. The maximum Gasteiger partial charge on any atom is 0.125 e. The van der Waals surface area contributed by atoms with E-state index in [0.717, 1.165) is 10.2 Å². The molecule has 0 unspecified atom stereocenters. The molecule has 0 aliphatic carbocycles. The van der Waals surface area contributed by atoms with E-state index < -0.39 is 0 Å². The molecule has 0 aliphatic heterocycles. The lowest BCUT2D eigenvalue weighted by Gasteiger charge is -2.21. The number of rotatable bonds is 2. The quantitative estimate of drug-likeness (QED) is 0.850. The van der Waals surface area contributed by atoms with E-state index in [-0.39, 0.29) is 5.82 Å². The number of nitrogens with zero attached hydrogens (tertiary/aromatic N) is 1.